The van der Waals surface area contributed by atoms with Crippen molar-refractivity contribution in [3.63, 3.8) is 0 Å². The van der Waals surface area contributed by atoms with Gasteiger partial charge in [-0.3, -0.25) is 9.59 Å². The summed E-state index contributed by atoms with van der Waals surface area (Å²) in [7, 11) is 0. The van der Waals surface area contributed by atoms with Crippen LogP contribution in [0.1, 0.15) is 29.8 Å². The zero-order valence-corrected chi connectivity index (χ0v) is 11.3. The van der Waals surface area contributed by atoms with E-state index in [-0.39, 0.29) is 5.91 Å². The molecule has 1 aromatic rings. The van der Waals surface area contributed by atoms with Gasteiger partial charge in [-0.15, -0.1) is 0 Å². The third-order valence-electron chi connectivity index (χ3n) is 2.93. The fraction of sp³-hybridized carbons (Fsp3) is 0.385. The van der Waals surface area contributed by atoms with Crippen LogP contribution < -0.4 is 5.32 Å². The minimum absolute atomic E-state index is 0.322. The highest BCUT2D eigenvalue weighted by atomic mass is 35.5. The third-order valence-corrected chi connectivity index (χ3v) is 3.34. The lowest BCUT2D eigenvalue weighted by atomic mass is 10.0. The molecule has 0 aliphatic carbocycles. The van der Waals surface area contributed by atoms with Crippen LogP contribution in [0.3, 0.4) is 0 Å². The lowest BCUT2D eigenvalue weighted by molar-refractivity contribution is -0.141. The molecule has 0 aromatic heterocycles. The van der Waals surface area contributed by atoms with Crippen molar-refractivity contribution < 1.29 is 14.7 Å². The predicted octanol–water partition coefficient (Wildman–Crippen LogP) is 2.49. The van der Waals surface area contributed by atoms with Crippen LogP contribution in [0.15, 0.2) is 18.2 Å². The molecular formula is C13H16ClNO3. The molecule has 0 saturated heterocycles. The van der Waals surface area contributed by atoms with E-state index < -0.39 is 17.9 Å². The van der Waals surface area contributed by atoms with E-state index >= 15 is 0 Å². The zero-order chi connectivity index (χ0) is 13.9. The molecule has 5 heteroatoms. The first kappa shape index (κ1) is 14.5. The van der Waals surface area contributed by atoms with Crippen molar-refractivity contribution in [2.75, 3.05) is 0 Å². The van der Waals surface area contributed by atoms with Crippen molar-refractivity contribution >= 4 is 23.5 Å². The highest BCUT2D eigenvalue weighted by molar-refractivity contribution is 6.31. The van der Waals surface area contributed by atoms with Gasteiger partial charge in [-0.2, -0.15) is 0 Å². The SMILES string of the molecule is Cc1ccc(C(=O)NC(C)C(C)C(=O)O)cc1Cl. The topological polar surface area (TPSA) is 66.4 Å². The summed E-state index contributed by atoms with van der Waals surface area (Å²) in [4.78, 5) is 22.7. The molecule has 0 radical (unpaired) electrons. The van der Waals surface area contributed by atoms with E-state index in [4.69, 9.17) is 16.7 Å². The van der Waals surface area contributed by atoms with Crippen LogP contribution in [0.5, 0.6) is 0 Å². The van der Waals surface area contributed by atoms with Gasteiger partial charge in [0.15, 0.2) is 0 Å². The summed E-state index contributed by atoms with van der Waals surface area (Å²) in [5.74, 6) is -1.91. The molecule has 0 heterocycles. The molecule has 0 fully saturated rings. The molecule has 2 unspecified atom stereocenters. The van der Waals surface area contributed by atoms with E-state index in [9.17, 15) is 9.59 Å². The average Bonchev–Trinajstić information content (AvgIpc) is 2.31. The van der Waals surface area contributed by atoms with Crippen LogP contribution in [0.2, 0.25) is 5.02 Å². The fourth-order valence-electron chi connectivity index (χ4n) is 1.36. The normalized spacial score (nSPS) is 13.8. The molecule has 0 saturated carbocycles. The van der Waals surface area contributed by atoms with E-state index in [0.717, 1.165) is 5.56 Å². The van der Waals surface area contributed by atoms with Crippen LogP contribution in [0, 0.1) is 12.8 Å². The first-order valence-electron chi connectivity index (χ1n) is 5.62. The third kappa shape index (κ3) is 3.47. The quantitative estimate of drug-likeness (QED) is 0.882. The number of carbonyl (C=O) groups is 2. The van der Waals surface area contributed by atoms with Gasteiger partial charge in [-0.25, -0.2) is 0 Å². The Kier molecular flexibility index (Phi) is 4.73. The molecule has 1 rings (SSSR count). The summed E-state index contributed by atoms with van der Waals surface area (Å²) in [5, 5.41) is 12.0. The average molecular weight is 270 g/mol. The highest BCUT2D eigenvalue weighted by Crippen LogP contribution is 2.17. The largest absolute Gasteiger partial charge is 0.481 e. The van der Waals surface area contributed by atoms with E-state index in [1.54, 1.807) is 32.0 Å². The number of benzene rings is 1. The second-order valence-corrected chi connectivity index (χ2v) is 4.76. The van der Waals surface area contributed by atoms with Crippen molar-refractivity contribution in [3.8, 4) is 0 Å². The molecule has 98 valence electrons. The second-order valence-electron chi connectivity index (χ2n) is 4.35. The number of carbonyl (C=O) groups excluding carboxylic acids is 1. The molecule has 0 spiro atoms. The number of halogens is 1. The standard InChI is InChI=1S/C13H16ClNO3/c1-7-4-5-10(6-11(7)14)12(16)15-9(3)8(2)13(17)18/h4-6,8-9H,1-3H3,(H,15,16)(H,17,18). The van der Waals surface area contributed by atoms with Crippen LogP contribution in [0.25, 0.3) is 0 Å². The van der Waals surface area contributed by atoms with Crippen molar-refractivity contribution in [1.29, 1.82) is 0 Å². The van der Waals surface area contributed by atoms with Gasteiger partial charge in [0.25, 0.3) is 5.91 Å². The number of aryl methyl sites for hydroxylation is 1. The van der Waals surface area contributed by atoms with Crippen molar-refractivity contribution in [2.24, 2.45) is 5.92 Å². The minimum atomic E-state index is -0.940. The van der Waals surface area contributed by atoms with Crippen LogP contribution >= 0.6 is 11.6 Å². The number of hydrogen-bond donors (Lipinski definition) is 2. The van der Waals surface area contributed by atoms with E-state index in [1.807, 2.05) is 6.92 Å². The fourth-order valence-corrected chi connectivity index (χ4v) is 1.54. The second kappa shape index (κ2) is 5.87. The van der Waals surface area contributed by atoms with Crippen molar-refractivity contribution in [1.82, 2.24) is 5.32 Å². The molecule has 4 nitrogen and oxygen atoms in total. The summed E-state index contributed by atoms with van der Waals surface area (Å²) in [5.41, 5.74) is 1.32. The summed E-state index contributed by atoms with van der Waals surface area (Å²) in [6.07, 6.45) is 0. The van der Waals surface area contributed by atoms with Gasteiger partial charge in [-0.1, -0.05) is 17.7 Å². The van der Waals surface area contributed by atoms with Crippen molar-refractivity contribution in [3.05, 3.63) is 34.3 Å². The molecule has 1 amide bonds. The van der Waals surface area contributed by atoms with Gasteiger partial charge in [0.05, 0.1) is 5.92 Å². The molecule has 18 heavy (non-hydrogen) atoms. The maximum atomic E-state index is 11.9. The summed E-state index contributed by atoms with van der Waals surface area (Å²) >= 11 is 5.93. The number of carboxylic acid groups (broad SMARTS) is 1. The number of aliphatic carboxylic acids is 1. The summed E-state index contributed by atoms with van der Waals surface area (Å²) in [6.45, 7) is 5.06. The van der Waals surface area contributed by atoms with Gasteiger partial charge in [0, 0.05) is 16.6 Å². The molecule has 0 aliphatic heterocycles. The smallest absolute Gasteiger partial charge is 0.308 e. The molecule has 1 aromatic carbocycles. The molecule has 0 aliphatic rings. The van der Waals surface area contributed by atoms with Crippen molar-refractivity contribution in [2.45, 2.75) is 26.8 Å². The first-order valence-corrected chi connectivity index (χ1v) is 6.00. The maximum absolute atomic E-state index is 11.9. The maximum Gasteiger partial charge on any atom is 0.308 e. The summed E-state index contributed by atoms with van der Waals surface area (Å²) < 4.78 is 0. The molecule has 2 atom stereocenters. The van der Waals surface area contributed by atoms with E-state index in [1.165, 1.54) is 0 Å². The highest BCUT2D eigenvalue weighted by Gasteiger charge is 2.21. The number of carboxylic acids is 1. The number of amides is 1. The molecule has 0 bridgehead atoms. The molecule has 2 N–H and O–H groups in total. The number of nitrogens with one attached hydrogen (secondary N) is 1. The van der Waals surface area contributed by atoms with E-state index in [2.05, 4.69) is 5.32 Å². The van der Waals surface area contributed by atoms with Crippen LogP contribution in [-0.4, -0.2) is 23.0 Å². The van der Waals surface area contributed by atoms with Crippen LogP contribution in [0.4, 0.5) is 0 Å². The number of rotatable bonds is 4. The van der Waals surface area contributed by atoms with E-state index in [0.29, 0.717) is 10.6 Å². The Morgan fingerprint density at radius 1 is 1.33 bits per heavy atom. The monoisotopic (exact) mass is 269 g/mol. The Balaban J connectivity index is 2.76. The van der Waals surface area contributed by atoms with Crippen LogP contribution in [-0.2, 0) is 4.79 Å². The lowest BCUT2D eigenvalue weighted by Crippen LogP contribution is -2.40. The summed E-state index contributed by atoms with van der Waals surface area (Å²) in [6, 6.07) is 4.54. The lowest BCUT2D eigenvalue weighted by Gasteiger charge is -2.17. The van der Waals surface area contributed by atoms with Gasteiger partial charge in [0.1, 0.15) is 0 Å². The Labute approximate surface area is 111 Å². The zero-order valence-electron chi connectivity index (χ0n) is 10.5. The Bertz CT molecular complexity index is 473. The minimum Gasteiger partial charge on any atom is -0.481 e. The Morgan fingerprint density at radius 3 is 2.44 bits per heavy atom. The first-order chi connectivity index (χ1) is 8.32. The predicted molar refractivity (Wildman–Crippen MR) is 69.9 cm³/mol. The Morgan fingerprint density at radius 2 is 1.94 bits per heavy atom. The van der Waals surface area contributed by atoms with Gasteiger partial charge in [-0.05, 0) is 38.5 Å². The van der Waals surface area contributed by atoms with Gasteiger partial charge in [0.2, 0.25) is 0 Å². The molecular weight excluding hydrogens is 254 g/mol. The van der Waals surface area contributed by atoms with Gasteiger partial charge >= 0.3 is 5.97 Å². The Hall–Kier alpha value is -1.55. The number of hydrogen-bond acceptors (Lipinski definition) is 2. The van der Waals surface area contributed by atoms with Gasteiger partial charge < -0.3 is 10.4 Å².